The molecular weight excluding hydrogens is 146 g/mol. The van der Waals surface area contributed by atoms with Crippen molar-refractivity contribution in [3.8, 4) is 0 Å². The van der Waals surface area contributed by atoms with Gasteiger partial charge in [0.1, 0.15) is 0 Å². The molecule has 0 amide bonds. The van der Waals surface area contributed by atoms with Gasteiger partial charge >= 0.3 is 0 Å². The first-order valence-corrected chi connectivity index (χ1v) is 5.07. The molecule has 0 aliphatic rings. The molecule has 0 rings (SSSR count). The van der Waals surface area contributed by atoms with Crippen molar-refractivity contribution >= 4 is 0 Å². The fourth-order valence-electron chi connectivity index (χ4n) is 1.35. The third-order valence-electron chi connectivity index (χ3n) is 2.28. The molecule has 0 aromatic carbocycles. The lowest BCUT2D eigenvalue weighted by atomic mass is 10.1. The zero-order valence-corrected chi connectivity index (χ0v) is 9.06. The van der Waals surface area contributed by atoms with Gasteiger partial charge in [-0.15, -0.1) is 0 Å². The van der Waals surface area contributed by atoms with E-state index >= 15 is 0 Å². The SMILES string of the molecule is C/C=C(/CC)CCN(C)CCC. The van der Waals surface area contributed by atoms with Crippen LogP contribution in [0, 0.1) is 0 Å². The highest BCUT2D eigenvalue weighted by molar-refractivity contribution is 4.99. The van der Waals surface area contributed by atoms with E-state index in [4.69, 9.17) is 0 Å². The van der Waals surface area contributed by atoms with Crippen LogP contribution < -0.4 is 0 Å². The molecule has 0 fully saturated rings. The quantitative estimate of drug-likeness (QED) is 0.552. The number of hydrogen-bond donors (Lipinski definition) is 0. The lowest BCUT2D eigenvalue weighted by Crippen LogP contribution is -2.20. The summed E-state index contributed by atoms with van der Waals surface area (Å²) < 4.78 is 0. The Hall–Kier alpha value is -0.300. The molecule has 0 saturated heterocycles. The van der Waals surface area contributed by atoms with Crippen molar-refractivity contribution in [2.75, 3.05) is 20.1 Å². The molecule has 0 saturated carbocycles. The molecule has 0 aromatic rings. The minimum Gasteiger partial charge on any atom is -0.306 e. The summed E-state index contributed by atoms with van der Waals surface area (Å²) in [4.78, 5) is 2.40. The molecule has 72 valence electrons. The average molecular weight is 169 g/mol. The van der Waals surface area contributed by atoms with Gasteiger partial charge in [-0.3, -0.25) is 0 Å². The van der Waals surface area contributed by atoms with Gasteiger partial charge in [-0.2, -0.15) is 0 Å². The summed E-state index contributed by atoms with van der Waals surface area (Å²) in [7, 11) is 2.20. The molecule has 0 aromatic heterocycles. The van der Waals surface area contributed by atoms with Crippen LogP contribution in [0.2, 0.25) is 0 Å². The summed E-state index contributed by atoms with van der Waals surface area (Å²) in [6.07, 6.45) is 5.95. The zero-order chi connectivity index (χ0) is 9.40. The Labute approximate surface area is 77.5 Å². The maximum absolute atomic E-state index is 2.40. The number of rotatable bonds is 6. The van der Waals surface area contributed by atoms with Crippen molar-refractivity contribution in [1.82, 2.24) is 4.90 Å². The van der Waals surface area contributed by atoms with E-state index in [1.165, 1.54) is 32.4 Å². The van der Waals surface area contributed by atoms with Crippen molar-refractivity contribution in [2.45, 2.75) is 40.0 Å². The fraction of sp³-hybridized carbons (Fsp3) is 0.818. The third-order valence-corrected chi connectivity index (χ3v) is 2.28. The molecule has 0 unspecified atom stereocenters. The van der Waals surface area contributed by atoms with Crippen molar-refractivity contribution < 1.29 is 0 Å². The topological polar surface area (TPSA) is 3.24 Å². The van der Waals surface area contributed by atoms with Crippen LogP contribution in [-0.4, -0.2) is 25.0 Å². The molecule has 12 heavy (non-hydrogen) atoms. The molecule has 0 atom stereocenters. The Kier molecular flexibility index (Phi) is 7.17. The van der Waals surface area contributed by atoms with Crippen LogP contribution in [0.15, 0.2) is 11.6 Å². The second-order valence-corrected chi connectivity index (χ2v) is 3.35. The molecule has 0 heterocycles. The van der Waals surface area contributed by atoms with E-state index in [2.05, 4.69) is 38.8 Å². The summed E-state index contributed by atoms with van der Waals surface area (Å²) in [5.41, 5.74) is 1.58. The van der Waals surface area contributed by atoms with Gasteiger partial charge in [-0.1, -0.05) is 25.5 Å². The maximum atomic E-state index is 2.40. The Bertz CT molecular complexity index is 127. The predicted molar refractivity (Wildman–Crippen MR) is 56.5 cm³/mol. The summed E-state index contributed by atoms with van der Waals surface area (Å²) in [6.45, 7) is 9.03. The summed E-state index contributed by atoms with van der Waals surface area (Å²) in [5, 5.41) is 0. The molecule has 0 radical (unpaired) electrons. The van der Waals surface area contributed by atoms with Crippen LogP contribution >= 0.6 is 0 Å². The second-order valence-electron chi connectivity index (χ2n) is 3.35. The van der Waals surface area contributed by atoms with Gasteiger partial charge in [0.25, 0.3) is 0 Å². The average Bonchev–Trinajstić information content (AvgIpc) is 2.07. The van der Waals surface area contributed by atoms with E-state index < -0.39 is 0 Å². The predicted octanol–water partition coefficient (Wildman–Crippen LogP) is 3.07. The van der Waals surface area contributed by atoms with Crippen LogP contribution in [-0.2, 0) is 0 Å². The third kappa shape index (κ3) is 5.36. The number of nitrogens with zero attached hydrogens (tertiary/aromatic N) is 1. The summed E-state index contributed by atoms with van der Waals surface area (Å²) in [5.74, 6) is 0. The van der Waals surface area contributed by atoms with Gasteiger partial charge in [-0.05, 0) is 39.8 Å². The first-order chi connectivity index (χ1) is 5.74. The molecule has 1 nitrogen and oxygen atoms in total. The van der Waals surface area contributed by atoms with Crippen molar-refractivity contribution in [3.05, 3.63) is 11.6 Å². The van der Waals surface area contributed by atoms with E-state index in [1.54, 1.807) is 5.57 Å². The molecule has 0 bridgehead atoms. The maximum Gasteiger partial charge on any atom is 0.00155 e. The van der Waals surface area contributed by atoms with Crippen LogP contribution in [0.1, 0.15) is 40.0 Å². The van der Waals surface area contributed by atoms with Crippen LogP contribution in [0.4, 0.5) is 0 Å². The zero-order valence-electron chi connectivity index (χ0n) is 9.06. The van der Waals surface area contributed by atoms with Crippen LogP contribution in [0.25, 0.3) is 0 Å². The Morgan fingerprint density at radius 3 is 2.33 bits per heavy atom. The number of hydrogen-bond acceptors (Lipinski definition) is 1. The monoisotopic (exact) mass is 169 g/mol. The van der Waals surface area contributed by atoms with E-state index in [1.807, 2.05) is 0 Å². The molecule has 0 spiro atoms. The lowest BCUT2D eigenvalue weighted by molar-refractivity contribution is 0.338. The van der Waals surface area contributed by atoms with Gasteiger partial charge in [-0.25, -0.2) is 0 Å². The van der Waals surface area contributed by atoms with Gasteiger partial charge in [0.2, 0.25) is 0 Å². The van der Waals surface area contributed by atoms with Crippen LogP contribution in [0.5, 0.6) is 0 Å². The smallest absolute Gasteiger partial charge is 0.00155 e. The first-order valence-electron chi connectivity index (χ1n) is 5.07. The van der Waals surface area contributed by atoms with Crippen molar-refractivity contribution in [2.24, 2.45) is 0 Å². The highest BCUT2D eigenvalue weighted by Crippen LogP contribution is 2.06. The van der Waals surface area contributed by atoms with E-state index in [-0.39, 0.29) is 0 Å². The molecule has 0 aliphatic heterocycles. The Morgan fingerprint density at radius 1 is 1.25 bits per heavy atom. The second kappa shape index (κ2) is 7.35. The standard InChI is InChI=1S/C11H23N/c1-5-9-12(4)10-8-11(6-2)7-3/h6H,5,7-10H2,1-4H3/b11-6-. The lowest BCUT2D eigenvalue weighted by Gasteiger charge is -2.15. The van der Waals surface area contributed by atoms with E-state index in [0.29, 0.717) is 0 Å². The summed E-state index contributed by atoms with van der Waals surface area (Å²) >= 11 is 0. The van der Waals surface area contributed by atoms with Crippen LogP contribution in [0.3, 0.4) is 0 Å². The number of allylic oxidation sites excluding steroid dienone is 1. The summed E-state index contributed by atoms with van der Waals surface area (Å²) in [6, 6.07) is 0. The Morgan fingerprint density at radius 2 is 1.92 bits per heavy atom. The van der Waals surface area contributed by atoms with Gasteiger partial charge < -0.3 is 4.90 Å². The van der Waals surface area contributed by atoms with E-state index in [9.17, 15) is 0 Å². The molecule has 0 N–H and O–H groups in total. The molecular formula is C11H23N. The minimum atomic E-state index is 1.20. The highest BCUT2D eigenvalue weighted by Gasteiger charge is 1.97. The highest BCUT2D eigenvalue weighted by atomic mass is 15.1. The molecule has 0 aliphatic carbocycles. The molecule has 1 heteroatoms. The largest absolute Gasteiger partial charge is 0.306 e. The van der Waals surface area contributed by atoms with Gasteiger partial charge in [0.05, 0.1) is 0 Å². The van der Waals surface area contributed by atoms with Crippen molar-refractivity contribution in [3.63, 3.8) is 0 Å². The minimum absolute atomic E-state index is 1.20. The van der Waals surface area contributed by atoms with Gasteiger partial charge in [0, 0.05) is 6.54 Å². The van der Waals surface area contributed by atoms with Gasteiger partial charge in [0.15, 0.2) is 0 Å². The first kappa shape index (κ1) is 11.7. The normalized spacial score (nSPS) is 12.6. The fourth-order valence-corrected chi connectivity index (χ4v) is 1.35. The van der Waals surface area contributed by atoms with Crippen molar-refractivity contribution in [1.29, 1.82) is 0 Å². The van der Waals surface area contributed by atoms with E-state index in [0.717, 1.165) is 0 Å². The Balaban J connectivity index is 3.52.